The molecule has 2 atom stereocenters. The fourth-order valence-corrected chi connectivity index (χ4v) is 6.21. The number of ether oxygens (including phenoxy) is 3. The number of nitrogens with zero attached hydrogens (tertiary/aromatic N) is 3. The highest BCUT2D eigenvalue weighted by molar-refractivity contribution is 7.89. The first-order valence-electron chi connectivity index (χ1n) is 10.4. The van der Waals surface area contributed by atoms with E-state index >= 15 is 0 Å². The molecule has 0 bridgehead atoms. The molecule has 1 aromatic heterocycles. The molecule has 0 N–H and O–H groups in total. The fraction of sp³-hybridized carbons (Fsp3) is 0.500. The van der Waals surface area contributed by atoms with Crippen LogP contribution in [-0.2, 0) is 14.8 Å². The fourth-order valence-electron chi connectivity index (χ4n) is 4.57. The Bertz CT molecular complexity index is 993. The first kappa shape index (κ1) is 22.0. The number of sulfonamides is 1. The normalized spacial score (nSPS) is 23.3. The van der Waals surface area contributed by atoms with E-state index in [4.69, 9.17) is 14.2 Å². The number of pyridine rings is 1. The molecule has 2 aliphatic rings. The molecule has 1 aromatic carbocycles. The molecule has 0 aliphatic carbocycles. The average molecular weight is 448 g/mol. The average Bonchev–Trinajstić information content (AvgIpc) is 2.79. The first-order chi connectivity index (χ1) is 15.0. The number of hydrogen-bond donors (Lipinski definition) is 0. The molecule has 0 saturated carbocycles. The van der Waals surface area contributed by atoms with Gasteiger partial charge >= 0.3 is 0 Å². The third-order valence-corrected chi connectivity index (χ3v) is 8.23. The lowest BCUT2D eigenvalue weighted by atomic mass is 9.88. The van der Waals surface area contributed by atoms with Crippen LogP contribution >= 0.6 is 0 Å². The van der Waals surface area contributed by atoms with E-state index in [0.717, 1.165) is 24.9 Å². The lowest BCUT2D eigenvalue weighted by molar-refractivity contribution is -0.114. The summed E-state index contributed by atoms with van der Waals surface area (Å²) in [5, 5.41) is 0. The van der Waals surface area contributed by atoms with Crippen molar-refractivity contribution in [2.75, 3.05) is 41.0 Å². The van der Waals surface area contributed by atoms with Crippen LogP contribution in [0, 0.1) is 0 Å². The Hall–Kier alpha value is -2.20. The van der Waals surface area contributed by atoms with E-state index in [9.17, 15) is 8.42 Å². The second kappa shape index (κ2) is 9.12. The Labute approximate surface area is 183 Å². The summed E-state index contributed by atoms with van der Waals surface area (Å²) in [7, 11) is 1.05. The van der Waals surface area contributed by atoms with E-state index in [0.29, 0.717) is 30.6 Å². The zero-order valence-electron chi connectivity index (χ0n) is 18.1. The third-order valence-electron chi connectivity index (χ3n) is 6.31. The summed E-state index contributed by atoms with van der Waals surface area (Å²) in [6, 6.07) is 9.32. The Morgan fingerprint density at radius 2 is 1.84 bits per heavy atom. The molecule has 8 nitrogen and oxygen atoms in total. The maximum absolute atomic E-state index is 13.3. The van der Waals surface area contributed by atoms with Crippen LogP contribution in [0.25, 0.3) is 0 Å². The van der Waals surface area contributed by atoms with Crippen molar-refractivity contribution in [3.05, 3.63) is 48.3 Å². The SMILES string of the molecule is COc1ccc(OC)c(S(=O)(=O)N2CCC(N3C[C@H](OC)[C@@H]3c3cccnc3)CC2)c1. The Kier molecular flexibility index (Phi) is 6.47. The quantitative estimate of drug-likeness (QED) is 0.644. The summed E-state index contributed by atoms with van der Waals surface area (Å²) in [6.07, 6.45) is 5.31. The molecule has 0 amide bonds. The van der Waals surface area contributed by atoms with E-state index in [1.54, 1.807) is 29.7 Å². The highest BCUT2D eigenvalue weighted by Gasteiger charge is 2.45. The van der Waals surface area contributed by atoms with Gasteiger partial charge in [-0.05, 0) is 36.6 Å². The van der Waals surface area contributed by atoms with Crippen LogP contribution in [-0.4, -0.2) is 75.7 Å². The number of piperidine rings is 1. The maximum atomic E-state index is 13.3. The van der Waals surface area contributed by atoms with Crippen LogP contribution in [0.5, 0.6) is 11.5 Å². The van der Waals surface area contributed by atoms with Crippen molar-refractivity contribution < 1.29 is 22.6 Å². The van der Waals surface area contributed by atoms with Crippen LogP contribution in [0.1, 0.15) is 24.4 Å². The van der Waals surface area contributed by atoms with E-state index in [2.05, 4.69) is 16.0 Å². The largest absolute Gasteiger partial charge is 0.497 e. The highest BCUT2D eigenvalue weighted by Crippen LogP contribution is 2.40. The van der Waals surface area contributed by atoms with Crippen LogP contribution in [0.3, 0.4) is 0 Å². The van der Waals surface area contributed by atoms with Crippen molar-refractivity contribution in [2.45, 2.75) is 35.9 Å². The van der Waals surface area contributed by atoms with Gasteiger partial charge in [-0.15, -0.1) is 0 Å². The van der Waals surface area contributed by atoms with Crippen molar-refractivity contribution in [3.8, 4) is 11.5 Å². The van der Waals surface area contributed by atoms with Crippen molar-refractivity contribution in [3.63, 3.8) is 0 Å². The van der Waals surface area contributed by atoms with Crippen molar-refractivity contribution in [1.82, 2.24) is 14.2 Å². The van der Waals surface area contributed by atoms with Gasteiger partial charge in [0, 0.05) is 51.2 Å². The molecule has 2 aliphatic heterocycles. The van der Waals surface area contributed by atoms with Crippen LogP contribution in [0.4, 0.5) is 0 Å². The molecule has 168 valence electrons. The molecular formula is C22H29N3O5S. The molecule has 0 spiro atoms. The van der Waals surface area contributed by atoms with Gasteiger partial charge in [0.15, 0.2) is 0 Å². The van der Waals surface area contributed by atoms with Gasteiger partial charge in [0.1, 0.15) is 16.4 Å². The summed E-state index contributed by atoms with van der Waals surface area (Å²) in [5.41, 5.74) is 1.14. The monoisotopic (exact) mass is 447 g/mol. The van der Waals surface area contributed by atoms with Crippen molar-refractivity contribution in [2.24, 2.45) is 0 Å². The van der Waals surface area contributed by atoms with Crippen molar-refractivity contribution in [1.29, 1.82) is 0 Å². The number of hydrogen-bond acceptors (Lipinski definition) is 7. The smallest absolute Gasteiger partial charge is 0.246 e. The lowest BCUT2D eigenvalue weighted by Crippen LogP contribution is -2.60. The molecule has 2 saturated heterocycles. The van der Waals surface area contributed by atoms with Gasteiger partial charge in [-0.2, -0.15) is 4.31 Å². The first-order valence-corrected chi connectivity index (χ1v) is 11.8. The van der Waals surface area contributed by atoms with Crippen LogP contribution < -0.4 is 9.47 Å². The molecule has 9 heteroatoms. The van der Waals surface area contributed by atoms with Gasteiger partial charge in [0.25, 0.3) is 0 Å². The lowest BCUT2D eigenvalue weighted by Gasteiger charge is -2.52. The predicted molar refractivity (Wildman–Crippen MR) is 116 cm³/mol. The number of likely N-dealkylation sites (tertiary alicyclic amines) is 1. The van der Waals surface area contributed by atoms with Crippen LogP contribution in [0.15, 0.2) is 47.6 Å². The third kappa shape index (κ3) is 4.15. The minimum atomic E-state index is -3.68. The minimum absolute atomic E-state index is 0.131. The number of rotatable bonds is 7. The Morgan fingerprint density at radius 3 is 2.45 bits per heavy atom. The molecule has 4 rings (SSSR count). The number of aromatic nitrogens is 1. The van der Waals surface area contributed by atoms with Gasteiger partial charge in [-0.25, -0.2) is 8.42 Å². The van der Waals surface area contributed by atoms with Gasteiger partial charge in [0.05, 0.1) is 26.4 Å². The van der Waals surface area contributed by atoms with Gasteiger partial charge in [-0.3, -0.25) is 9.88 Å². The standard InChI is InChI=1S/C22H29N3O5S/c1-28-18-6-7-19(29-2)21(13-18)31(26,27)24-11-8-17(9-12-24)25-15-20(30-3)22(25)16-5-4-10-23-14-16/h4-7,10,13-14,17,20,22H,8-9,11-12,15H2,1-3H3/t20-,22-/m0/s1. The van der Waals surface area contributed by atoms with E-state index in [1.165, 1.54) is 20.3 Å². The second-order valence-electron chi connectivity index (χ2n) is 7.85. The Balaban J connectivity index is 1.48. The van der Waals surface area contributed by atoms with Crippen LogP contribution in [0.2, 0.25) is 0 Å². The molecule has 2 fully saturated rings. The van der Waals surface area contributed by atoms with E-state index in [1.807, 2.05) is 12.3 Å². The topological polar surface area (TPSA) is 81.2 Å². The number of benzene rings is 1. The zero-order chi connectivity index (χ0) is 22.0. The van der Waals surface area contributed by atoms with Gasteiger partial charge < -0.3 is 14.2 Å². The molecular weight excluding hydrogens is 418 g/mol. The summed E-state index contributed by atoms with van der Waals surface area (Å²) in [5.74, 6) is 0.810. The van der Waals surface area contributed by atoms with Gasteiger partial charge in [0.2, 0.25) is 10.0 Å². The minimum Gasteiger partial charge on any atom is -0.497 e. The molecule has 0 unspecified atom stereocenters. The molecule has 2 aromatic rings. The molecule has 3 heterocycles. The summed E-state index contributed by atoms with van der Waals surface area (Å²) in [6.45, 7) is 1.76. The predicted octanol–water partition coefficient (Wildman–Crippen LogP) is 2.32. The zero-order valence-corrected chi connectivity index (χ0v) is 18.9. The number of methoxy groups -OCH3 is 3. The maximum Gasteiger partial charge on any atom is 0.246 e. The van der Waals surface area contributed by atoms with Crippen molar-refractivity contribution >= 4 is 10.0 Å². The summed E-state index contributed by atoms with van der Waals surface area (Å²) >= 11 is 0. The Morgan fingerprint density at radius 1 is 1.06 bits per heavy atom. The van der Waals surface area contributed by atoms with E-state index < -0.39 is 10.0 Å². The summed E-state index contributed by atoms with van der Waals surface area (Å²) in [4.78, 5) is 6.81. The van der Waals surface area contributed by atoms with E-state index in [-0.39, 0.29) is 17.0 Å². The molecule has 0 radical (unpaired) electrons. The second-order valence-corrected chi connectivity index (χ2v) is 9.76. The summed E-state index contributed by atoms with van der Waals surface area (Å²) < 4.78 is 44.4. The highest BCUT2D eigenvalue weighted by atomic mass is 32.2. The molecule has 31 heavy (non-hydrogen) atoms. The van der Waals surface area contributed by atoms with Gasteiger partial charge in [-0.1, -0.05) is 6.07 Å².